The van der Waals surface area contributed by atoms with E-state index >= 15 is 0 Å². The minimum atomic E-state index is -0.327. The van der Waals surface area contributed by atoms with E-state index in [1.807, 2.05) is 20.8 Å². The van der Waals surface area contributed by atoms with E-state index in [0.29, 0.717) is 123 Å². The number of carbonyl (C=O) groups excluding carboxylic acids is 5. The van der Waals surface area contributed by atoms with Gasteiger partial charge in [0, 0.05) is 51.7 Å². The second kappa shape index (κ2) is 31.8. The standard InChI is InChI=1S/C41H75N3O11S/c1-40(2,3)15-9-7-8-10-31-56-35-32-38(48)44(39(35)49)18-13-36(46)43-17-20-51-22-24-53-26-28-55-30-29-54-27-25-52-23-21-50-19-14-34(45)12-11-16-42-37(47)33-41(4,5)6/h35H,7-33H2,1-6H3,(H,42,47)(H,43,46). The van der Waals surface area contributed by atoms with Gasteiger partial charge in [0.05, 0.1) is 84.5 Å². The number of amides is 4. The maximum atomic E-state index is 12.7. The number of likely N-dealkylation sites (tertiary alicyclic amines) is 1. The molecular formula is C41H75N3O11S. The number of hydrogen-bond donors (Lipinski definition) is 2. The van der Waals surface area contributed by atoms with Gasteiger partial charge in [-0.3, -0.25) is 28.9 Å². The molecule has 1 saturated heterocycles. The Morgan fingerprint density at radius 3 is 1.68 bits per heavy atom. The molecule has 14 nitrogen and oxygen atoms in total. The first-order valence-corrected chi connectivity index (χ1v) is 21.7. The number of thioether (sulfide) groups is 1. The number of ether oxygens (including phenoxy) is 6. The van der Waals surface area contributed by atoms with Gasteiger partial charge < -0.3 is 39.1 Å². The molecule has 1 fully saturated rings. The summed E-state index contributed by atoms with van der Waals surface area (Å²) in [5.41, 5.74) is 0.322. The van der Waals surface area contributed by atoms with E-state index in [0.717, 1.165) is 18.6 Å². The van der Waals surface area contributed by atoms with Crippen LogP contribution < -0.4 is 10.6 Å². The summed E-state index contributed by atoms with van der Waals surface area (Å²) in [5.74, 6) is 0.428. The predicted molar refractivity (Wildman–Crippen MR) is 219 cm³/mol. The molecular weight excluding hydrogens is 743 g/mol. The van der Waals surface area contributed by atoms with E-state index in [4.69, 9.17) is 28.4 Å². The van der Waals surface area contributed by atoms with Gasteiger partial charge in [-0.25, -0.2) is 0 Å². The van der Waals surface area contributed by atoms with Crippen molar-refractivity contribution in [1.82, 2.24) is 15.5 Å². The number of nitrogens with zero attached hydrogens (tertiary/aromatic N) is 1. The minimum Gasteiger partial charge on any atom is -0.379 e. The van der Waals surface area contributed by atoms with E-state index in [2.05, 4.69) is 31.4 Å². The lowest BCUT2D eigenvalue weighted by atomic mass is 9.89. The Morgan fingerprint density at radius 1 is 0.607 bits per heavy atom. The molecule has 1 rings (SSSR count). The Bertz CT molecular complexity index is 1100. The molecule has 326 valence electrons. The van der Waals surface area contributed by atoms with Crippen LogP contribution in [0.15, 0.2) is 0 Å². The summed E-state index contributed by atoms with van der Waals surface area (Å²) in [6.07, 6.45) is 8.01. The molecule has 0 radical (unpaired) electrons. The first kappa shape index (κ1) is 51.9. The number of nitrogens with one attached hydrogen (secondary N) is 2. The third-order valence-electron chi connectivity index (χ3n) is 8.50. The molecule has 2 N–H and O–H groups in total. The maximum absolute atomic E-state index is 12.7. The van der Waals surface area contributed by atoms with E-state index in [-0.39, 0.29) is 59.5 Å². The van der Waals surface area contributed by atoms with Crippen LogP contribution in [0.5, 0.6) is 0 Å². The van der Waals surface area contributed by atoms with E-state index in [1.54, 1.807) is 11.8 Å². The van der Waals surface area contributed by atoms with Gasteiger partial charge in [-0.1, -0.05) is 60.8 Å². The van der Waals surface area contributed by atoms with Crippen molar-refractivity contribution in [3.8, 4) is 0 Å². The Morgan fingerprint density at radius 2 is 1.12 bits per heavy atom. The van der Waals surface area contributed by atoms with Crippen molar-refractivity contribution in [3.05, 3.63) is 0 Å². The highest BCUT2D eigenvalue weighted by Gasteiger charge is 2.38. The van der Waals surface area contributed by atoms with E-state index < -0.39 is 0 Å². The van der Waals surface area contributed by atoms with Gasteiger partial charge in [0.25, 0.3) is 0 Å². The second-order valence-corrected chi connectivity index (χ2v) is 17.7. The molecule has 1 atom stereocenters. The molecule has 0 aromatic rings. The zero-order valence-corrected chi connectivity index (χ0v) is 36.3. The van der Waals surface area contributed by atoms with Crippen molar-refractivity contribution in [2.24, 2.45) is 10.8 Å². The molecule has 4 amide bonds. The fourth-order valence-electron chi connectivity index (χ4n) is 5.49. The molecule has 56 heavy (non-hydrogen) atoms. The van der Waals surface area contributed by atoms with Gasteiger partial charge in [-0.2, -0.15) is 0 Å². The highest BCUT2D eigenvalue weighted by molar-refractivity contribution is 8.00. The molecule has 0 aliphatic carbocycles. The summed E-state index contributed by atoms with van der Waals surface area (Å²) in [7, 11) is 0. The van der Waals surface area contributed by atoms with Crippen molar-refractivity contribution in [2.45, 2.75) is 117 Å². The third kappa shape index (κ3) is 30.9. The average Bonchev–Trinajstić information content (AvgIpc) is 3.39. The highest BCUT2D eigenvalue weighted by atomic mass is 32.2. The average molecular weight is 818 g/mol. The Balaban J connectivity index is 1.83. The lowest BCUT2D eigenvalue weighted by Crippen LogP contribution is -2.36. The number of rotatable bonds is 36. The highest BCUT2D eigenvalue weighted by Crippen LogP contribution is 2.27. The maximum Gasteiger partial charge on any atom is 0.242 e. The third-order valence-corrected chi connectivity index (χ3v) is 9.80. The molecule has 1 heterocycles. The zero-order valence-electron chi connectivity index (χ0n) is 35.5. The summed E-state index contributed by atoms with van der Waals surface area (Å²) >= 11 is 1.57. The van der Waals surface area contributed by atoms with Gasteiger partial charge in [0.2, 0.25) is 23.6 Å². The minimum absolute atomic E-state index is 0.0183. The van der Waals surface area contributed by atoms with E-state index in [1.165, 1.54) is 24.2 Å². The second-order valence-electron chi connectivity index (χ2n) is 16.4. The van der Waals surface area contributed by atoms with Crippen LogP contribution in [-0.2, 0) is 52.4 Å². The van der Waals surface area contributed by atoms with Gasteiger partial charge in [0.15, 0.2) is 0 Å². The molecule has 1 aliphatic heterocycles. The largest absolute Gasteiger partial charge is 0.379 e. The van der Waals surface area contributed by atoms with Crippen molar-refractivity contribution in [1.29, 1.82) is 0 Å². The lowest BCUT2D eigenvalue weighted by Gasteiger charge is -2.17. The van der Waals surface area contributed by atoms with Crippen LogP contribution in [0, 0.1) is 10.8 Å². The quantitative estimate of drug-likeness (QED) is 0.0660. The Kier molecular flexibility index (Phi) is 29.5. The lowest BCUT2D eigenvalue weighted by molar-refractivity contribution is -0.138. The van der Waals surface area contributed by atoms with Crippen molar-refractivity contribution >= 4 is 41.2 Å². The smallest absolute Gasteiger partial charge is 0.242 e. The number of imide groups is 1. The summed E-state index contributed by atoms with van der Waals surface area (Å²) in [6.45, 7) is 18.7. The summed E-state index contributed by atoms with van der Waals surface area (Å²) in [4.78, 5) is 62.3. The summed E-state index contributed by atoms with van der Waals surface area (Å²) < 4.78 is 32.9. The molecule has 1 unspecified atom stereocenters. The van der Waals surface area contributed by atoms with Crippen LogP contribution in [0.3, 0.4) is 0 Å². The van der Waals surface area contributed by atoms with Crippen LogP contribution >= 0.6 is 11.8 Å². The Labute approximate surface area is 341 Å². The number of carbonyl (C=O) groups is 5. The van der Waals surface area contributed by atoms with Crippen LogP contribution in [0.4, 0.5) is 0 Å². The number of unbranched alkanes of at least 4 members (excludes halogenated alkanes) is 3. The molecule has 0 saturated carbocycles. The van der Waals surface area contributed by atoms with Gasteiger partial charge in [-0.15, -0.1) is 11.8 Å². The molecule has 0 aromatic carbocycles. The van der Waals surface area contributed by atoms with Crippen LogP contribution in [-0.4, -0.2) is 144 Å². The topological polar surface area (TPSA) is 168 Å². The van der Waals surface area contributed by atoms with Crippen LogP contribution in [0.1, 0.15) is 112 Å². The number of hydrogen-bond acceptors (Lipinski definition) is 12. The van der Waals surface area contributed by atoms with Crippen molar-refractivity contribution in [3.63, 3.8) is 0 Å². The van der Waals surface area contributed by atoms with Crippen LogP contribution in [0.2, 0.25) is 0 Å². The SMILES string of the molecule is CC(C)(C)CCCCCCSC1CC(=O)N(CCC(=O)NCCOCCOCCOCCOCCOCCOCCC(=O)CCCNC(=O)CC(C)(C)C)C1=O. The molecule has 0 bridgehead atoms. The van der Waals surface area contributed by atoms with Gasteiger partial charge >= 0.3 is 0 Å². The number of Topliss-reactive ketones (excluding diaryl/α,β-unsaturated/α-hetero) is 1. The normalized spacial score (nSPS) is 14.8. The van der Waals surface area contributed by atoms with Crippen molar-refractivity contribution in [2.75, 3.05) is 105 Å². The molecule has 1 aliphatic rings. The predicted octanol–water partition coefficient (Wildman–Crippen LogP) is 4.74. The zero-order chi connectivity index (χ0) is 41.5. The fourth-order valence-corrected chi connectivity index (χ4v) is 6.67. The molecule has 0 spiro atoms. The van der Waals surface area contributed by atoms with E-state index in [9.17, 15) is 24.0 Å². The van der Waals surface area contributed by atoms with Crippen molar-refractivity contribution < 1.29 is 52.4 Å². The Hall–Kier alpha value is -2.14. The van der Waals surface area contributed by atoms with Crippen LogP contribution in [0.25, 0.3) is 0 Å². The molecule has 0 aromatic heterocycles. The van der Waals surface area contributed by atoms with Gasteiger partial charge in [-0.05, 0) is 35.8 Å². The summed E-state index contributed by atoms with van der Waals surface area (Å²) in [5, 5.41) is 5.30. The summed E-state index contributed by atoms with van der Waals surface area (Å²) in [6, 6.07) is 0. The number of ketones is 1. The molecule has 15 heteroatoms. The first-order valence-electron chi connectivity index (χ1n) is 20.7. The monoisotopic (exact) mass is 818 g/mol. The van der Waals surface area contributed by atoms with Gasteiger partial charge in [0.1, 0.15) is 5.78 Å². The fraction of sp³-hybridized carbons (Fsp3) is 0.878. The first-order chi connectivity index (χ1) is 26.7.